The van der Waals surface area contributed by atoms with Crippen LogP contribution in [0.25, 0.3) is 11.0 Å². The van der Waals surface area contributed by atoms with Crippen LogP contribution in [0.4, 0.5) is 5.69 Å². The lowest BCUT2D eigenvalue weighted by Gasteiger charge is -2.13. The second kappa shape index (κ2) is 7.90. The van der Waals surface area contributed by atoms with Crippen molar-refractivity contribution >= 4 is 51.7 Å². The minimum absolute atomic E-state index is 0.0670. The molecule has 2 aromatic carbocycles. The highest BCUT2D eigenvalue weighted by Crippen LogP contribution is 2.26. The maximum atomic E-state index is 12.2. The van der Waals surface area contributed by atoms with Gasteiger partial charge in [-0.3, -0.25) is 9.59 Å². The summed E-state index contributed by atoms with van der Waals surface area (Å²) >= 11 is 11.8. The van der Waals surface area contributed by atoms with Crippen LogP contribution in [0.5, 0.6) is 5.75 Å². The van der Waals surface area contributed by atoms with Crippen LogP contribution in [-0.4, -0.2) is 23.1 Å². The van der Waals surface area contributed by atoms with Crippen molar-refractivity contribution in [3.63, 3.8) is 0 Å². The number of hydrogen-bond acceptors (Lipinski definition) is 5. The van der Waals surface area contributed by atoms with Gasteiger partial charge in [0.15, 0.2) is 6.10 Å². The van der Waals surface area contributed by atoms with Gasteiger partial charge in [-0.15, -0.1) is 0 Å². The predicted octanol–water partition coefficient (Wildman–Crippen LogP) is 4.56. The van der Waals surface area contributed by atoms with Crippen molar-refractivity contribution in [2.24, 2.45) is 0 Å². The zero-order chi connectivity index (χ0) is 19.6. The Bertz CT molecular complexity index is 994. The molecule has 2 N–H and O–H groups in total. The molecule has 140 valence electrons. The first-order valence-electron chi connectivity index (χ1n) is 7.97. The van der Waals surface area contributed by atoms with Crippen molar-refractivity contribution in [2.45, 2.75) is 19.4 Å². The molecule has 1 amide bonds. The molecule has 0 unspecified atom stereocenters. The molecular formula is C19H15Cl2NO5. The summed E-state index contributed by atoms with van der Waals surface area (Å²) in [5.74, 6) is -1.03. The maximum absolute atomic E-state index is 12.2. The highest BCUT2D eigenvalue weighted by molar-refractivity contribution is 6.35. The van der Waals surface area contributed by atoms with Crippen LogP contribution in [0, 0.1) is 0 Å². The van der Waals surface area contributed by atoms with E-state index in [-0.39, 0.29) is 12.2 Å². The van der Waals surface area contributed by atoms with Crippen molar-refractivity contribution in [3.05, 3.63) is 58.3 Å². The fourth-order valence-corrected chi connectivity index (χ4v) is 3.05. The lowest BCUT2D eigenvalue weighted by atomic mass is 10.1. The number of amides is 1. The molecule has 3 aromatic rings. The average Bonchev–Trinajstić information content (AvgIpc) is 2.95. The summed E-state index contributed by atoms with van der Waals surface area (Å²) in [6, 6.07) is 9.21. The van der Waals surface area contributed by atoms with E-state index in [2.05, 4.69) is 5.32 Å². The van der Waals surface area contributed by atoms with Gasteiger partial charge in [0.1, 0.15) is 11.3 Å². The Morgan fingerprint density at radius 1 is 1.19 bits per heavy atom. The number of phenolic OH excluding ortho intramolecular Hbond substituents is 1. The monoisotopic (exact) mass is 407 g/mol. The molecule has 27 heavy (non-hydrogen) atoms. The van der Waals surface area contributed by atoms with Gasteiger partial charge in [-0.1, -0.05) is 23.2 Å². The number of nitrogens with one attached hydrogen (secondary N) is 1. The van der Waals surface area contributed by atoms with Crippen molar-refractivity contribution in [1.29, 1.82) is 0 Å². The molecule has 0 aliphatic heterocycles. The van der Waals surface area contributed by atoms with E-state index in [0.29, 0.717) is 32.3 Å². The van der Waals surface area contributed by atoms with Crippen LogP contribution in [-0.2, 0) is 20.7 Å². The van der Waals surface area contributed by atoms with Gasteiger partial charge in [0.05, 0.1) is 12.7 Å². The molecule has 1 heterocycles. The van der Waals surface area contributed by atoms with E-state index in [0.717, 1.165) is 0 Å². The summed E-state index contributed by atoms with van der Waals surface area (Å²) in [5.41, 5.74) is 1.46. The number of aromatic hydroxyl groups is 1. The molecule has 0 spiro atoms. The molecule has 0 aliphatic rings. The number of ether oxygens (including phenoxy) is 1. The van der Waals surface area contributed by atoms with Crippen LogP contribution >= 0.6 is 23.2 Å². The number of benzene rings is 2. The van der Waals surface area contributed by atoms with E-state index in [1.807, 2.05) is 0 Å². The minimum Gasteiger partial charge on any atom is -0.508 e. The van der Waals surface area contributed by atoms with Crippen LogP contribution < -0.4 is 5.32 Å². The molecule has 0 radical (unpaired) electrons. The van der Waals surface area contributed by atoms with Crippen molar-refractivity contribution < 1.29 is 23.8 Å². The van der Waals surface area contributed by atoms with Gasteiger partial charge in [-0.05, 0) is 37.3 Å². The molecule has 0 fully saturated rings. The first-order valence-corrected chi connectivity index (χ1v) is 8.73. The third kappa shape index (κ3) is 4.72. The zero-order valence-electron chi connectivity index (χ0n) is 14.2. The van der Waals surface area contributed by atoms with Crippen LogP contribution in [0.1, 0.15) is 12.5 Å². The Morgan fingerprint density at radius 2 is 1.89 bits per heavy atom. The smallest absolute Gasteiger partial charge is 0.311 e. The number of carbonyl (C=O) groups excluding carboxylic acids is 2. The molecule has 0 bridgehead atoms. The Kier molecular flexibility index (Phi) is 5.58. The molecule has 1 aromatic heterocycles. The fourth-order valence-electron chi connectivity index (χ4n) is 2.53. The molecule has 0 saturated carbocycles. The Balaban J connectivity index is 1.61. The molecule has 0 saturated heterocycles. The van der Waals surface area contributed by atoms with Gasteiger partial charge in [0.25, 0.3) is 5.91 Å². The van der Waals surface area contributed by atoms with Crippen molar-refractivity contribution in [3.8, 4) is 5.75 Å². The second-order valence-electron chi connectivity index (χ2n) is 5.90. The SMILES string of the molecule is C[C@@H](OC(=O)Cc1coc2cc(O)ccc12)C(=O)Nc1cc(Cl)cc(Cl)c1. The number of rotatable bonds is 5. The van der Waals surface area contributed by atoms with Crippen molar-refractivity contribution in [1.82, 2.24) is 0 Å². The molecule has 6 nitrogen and oxygen atoms in total. The number of hydrogen-bond donors (Lipinski definition) is 2. The molecule has 0 aliphatic carbocycles. The lowest BCUT2D eigenvalue weighted by Crippen LogP contribution is -2.30. The van der Waals surface area contributed by atoms with Crippen LogP contribution in [0.15, 0.2) is 47.1 Å². The number of anilines is 1. The number of fused-ring (bicyclic) bond motifs is 1. The highest BCUT2D eigenvalue weighted by atomic mass is 35.5. The molecule has 1 atom stereocenters. The average molecular weight is 408 g/mol. The van der Waals surface area contributed by atoms with E-state index in [4.69, 9.17) is 32.4 Å². The van der Waals surface area contributed by atoms with E-state index in [1.54, 1.807) is 6.07 Å². The summed E-state index contributed by atoms with van der Waals surface area (Å²) in [6.07, 6.45) is 0.333. The number of furan rings is 1. The maximum Gasteiger partial charge on any atom is 0.311 e. The number of halogens is 2. The summed E-state index contributed by atoms with van der Waals surface area (Å²) in [5, 5.41) is 13.5. The predicted molar refractivity (Wildman–Crippen MR) is 102 cm³/mol. The van der Waals surface area contributed by atoms with Gasteiger partial charge in [-0.25, -0.2) is 0 Å². The zero-order valence-corrected chi connectivity index (χ0v) is 15.7. The van der Waals surface area contributed by atoms with Crippen LogP contribution in [0.2, 0.25) is 10.0 Å². The van der Waals surface area contributed by atoms with E-state index >= 15 is 0 Å². The van der Waals surface area contributed by atoms with Gasteiger partial charge in [0, 0.05) is 32.7 Å². The Hall–Kier alpha value is -2.70. The first kappa shape index (κ1) is 19.1. The van der Waals surface area contributed by atoms with Crippen LogP contribution in [0.3, 0.4) is 0 Å². The number of phenols is 1. The largest absolute Gasteiger partial charge is 0.508 e. The quantitative estimate of drug-likeness (QED) is 0.605. The Morgan fingerprint density at radius 3 is 2.59 bits per heavy atom. The van der Waals surface area contributed by atoms with E-state index in [9.17, 15) is 14.7 Å². The minimum atomic E-state index is -1.02. The summed E-state index contributed by atoms with van der Waals surface area (Å²) in [6.45, 7) is 1.46. The van der Waals surface area contributed by atoms with Gasteiger partial charge in [-0.2, -0.15) is 0 Å². The standard InChI is InChI=1S/C19H15Cl2NO5/c1-10(19(25)22-14-6-12(20)5-13(21)7-14)27-18(24)4-11-9-26-17-8-15(23)2-3-16(11)17/h2-3,5-10,23H,4H2,1H3,(H,22,25)/t10-/m1/s1. The summed E-state index contributed by atoms with van der Waals surface area (Å²) < 4.78 is 10.5. The topological polar surface area (TPSA) is 88.8 Å². The van der Waals surface area contributed by atoms with Gasteiger partial charge < -0.3 is 19.6 Å². The fraction of sp³-hybridized carbons (Fsp3) is 0.158. The normalized spacial score (nSPS) is 12.0. The number of carbonyl (C=O) groups is 2. The molecule has 8 heteroatoms. The summed E-state index contributed by atoms with van der Waals surface area (Å²) in [4.78, 5) is 24.4. The lowest BCUT2D eigenvalue weighted by molar-refractivity contribution is -0.152. The third-order valence-corrected chi connectivity index (χ3v) is 4.22. The van der Waals surface area contributed by atoms with Crippen molar-refractivity contribution in [2.75, 3.05) is 5.32 Å². The first-order chi connectivity index (χ1) is 12.8. The highest BCUT2D eigenvalue weighted by Gasteiger charge is 2.20. The van der Waals surface area contributed by atoms with E-state index in [1.165, 1.54) is 43.5 Å². The van der Waals surface area contributed by atoms with E-state index < -0.39 is 18.0 Å². The second-order valence-corrected chi connectivity index (χ2v) is 6.77. The van der Waals surface area contributed by atoms with Gasteiger partial charge in [0.2, 0.25) is 0 Å². The number of esters is 1. The Labute approximate surface area is 164 Å². The van der Waals surface area contributed by atoms with Gasteiger partial charge >= 0.3 is 5.97 Å². The molecule has 3 rings (SSSR count). The molecular weight excluding hydrogens is 393 g/mol. The third-order valence-electron chi connectivity index (χ3n) is 3.78. The summed E-state index contributed by atoms with van der Waals surface area (Å²) in [7, 11) is 0.